The zero-order chi connectivity index (χ0) is 9.26. The van der Waals surface area contributed by atoms with Gasteiger partial charge in [0, 0.05) is 15.3 Å². The Morgan fingerprint density at radius 2 is 2.46 bits per heavy atom. The maximum absolute atomic E-state index is 11.3. The van der Waals surface area contributed by atoms with E-state index < -0.39 is 0 Å². The van der Waals surface area contributed by atoms with Gasteiger partial charge in [-0.15, -0.1) is 11.3 Å². The fraction of sp³-hybridized carbons (Fsp3) is 0.444. The van der Waals surface area contributed by atoms with Gasteiger partial charge in [-0.3, -0.25) is 4.79 Å². The predicted molar refractivity (Wildman–Crippen MR) is 56.6 cm³/mol. The number of thiophene rings is 1. The lowest BCUT2D eigenvalue weighted by Crippen LogP contribution is -2.23. The third kappa shape index (κ3) is 2.31. The molecule has 1 saturated carbocycles. The third-order valence-electron chi connectivity index (χ3n) is 2.06. The van der Waals surface area contributed by atoms with Crippen molar-refractivity contribution in [3.8, 4) is 0 Å². The van der Waals surface area contributed by atoms with Crippen LogP contribution in [0.1, 0.15) is 17.7 Å². The molecule has 1 heterocycles. The highest BCUT2D eigenvalue weighted by Gasteiger charge is 2.29. The summed E-state index contributed by atoms with van der Waals surface area (Å²) in [6.07, 6.45) is 2.13. The van der Waals surface area contributed by atoms with Gasteiger partial charge in [-0.25, -0.2) is 0 Å². The number of hydrogen-bond acceptors (Lipinski definition) is 2. The number of carbonyl (C=O) groups is 1. The largest absolute Gasteiger partial charge is 0.351 e. The van der Waals surface area contributed by atoms with Gasteiger partial charge < -0.3 is 5.32 Å². The van der Waals surface area contributed by atoms with Crippen molar-refractivity contribution in [3.63, 3.8) is 0 Å². The molecule has 70 valence electrons. The maximum Gasteiger partial charge on any atom is 0.223 e. The minimum Gasteiger partial charge on any atom is -0.351 e. The summed E-state index contributed by atoms with van der Waals surface area (Å²) >= 11 is 5.09. The van der Waals surface area contributed by atoms with Crippen molar-refractivity contribution in [3.05, 3.63) is 20.8 Å². The van der Waals surface area contributed by atoms with Crippen molar-refractivity contribution in [1.29, 1.82) is 0 Å². The molecular formula is C9H10BrNOS. The van der Waals surface area contributed by atoms with E-state index >= 15 is 0 Å². The molecule has 0 bridgehead atoms. The first-order valence-electron chi connectivity index (χ1n) is 4.27. The Labute approximate surface area is 89.5 Å². The van der Waals surface area contributed by atoms with E-state index in [0.717, 1.165) is 17.3 Å². The smallest absolute Gasteiger partial charge is 0.223 e. The summed E-state index contributed by atoms with van der Waals surface area (Å²) in [6.45, 7) is 0.660. The number of nitrogens with one attached hydrogen (secondary N) is 1. The van der Waals surface area contributed by atoms with E-state index in [2.05, 4.69) is 21.2 Å². The van der Waals surface area contributed by atoms with Gasteiger partial charge in [0.05, 0.1) is 6.54 Å². The number of rotatable bonds is 3. The molecule has 2 nitrogen and oxygen atoms in total. The molecule has 1 aromatic rings. The van der Waals surface area contributed by atoms with Crippen LogP contribution in [0.4, 0.5) is 0 Å². The van der Waals surface area contributed by atoms with Gasteiger partial charge in [-0.2, -0.15) is 0 Å². The van der Waals surface area contributed by atoms with Gasteiger partial charge in [0.25, 0.3) is 0 Å². The molecule has 0 radical (unpaired) electrons. The molecule has 0 atom stereocenters. The topological polar surface area (TPSA) is 29.1 Å². The molecule has 0 unspecified atom stereocenters. The van der Waals surface area contributed by atoms with E-state index in [4.69, 9.17) is 0 Å². The molecule has 0 saturated heterocycles. The molecule has 1 aliphatic carbocycles. The summed E-state index contributed by atoms with van der Waals surface area (Å²) in [5.41, 5.74) is 0. The average molecular weight is 260 g/mol. The first-order valence-corrected chi connectivity index (χ1v) is 5.94. The van der Waals surface area contributed by atoms with Crippen molar-refractivity contribution < 1.29 is 4.79 Å². The highest BCUT2D eigenvalue weighted by Crippen LogP contribution is 2.29. The van der Waals surface area contributed by atoms with Crippen molar-refractivity contribution in [2.75, 3.05) is 0 Å². The quantitative estimate of drug-likeness (QED) is 0.889. The molecule has 0 spiro atoms. The van der Waals surface area contributed by atoms with Crippen LogP contribution in [0.15, 0.2) is 15.9 Å². The van der Waals surface area contributed by atoms with E-state index in [1.807, 2.05) is 11.4 Å². The van der Waals surface area contributed by atoms with Crippen LogP contribution in [0.5, 0.6) is 0 Å². The summed E-state index contributed by atoms with van der Waals surface area (Å²) in [5.74, 6) is 0.513. The van der Waals surface area contributed by atoms with Gasteiger partial charge >= 0.3 is 0 Å². The zero-order valence-electron chi connectivity index (χ0n) is 7.05. The van der Waals surface area contributed by atoms with Crippen molar-refractivity contribution >= 4 is 33.2 Å². The maximum atomic E-state index is 11.3. The standard InChI is InChI=1S/C9H10BrNOS/c10-7-3-4-13-8(7)5-11-9(12)6-1-2-6/h3-4,6H,1-2,5H2,(H,11,12). The van der Waals surface area contributed by atoms with Crippen LogP contribution in [-0.2, 0) is 11.3 Å². The lowest BCUT2D eigenvalue weighted by Gasteiger charge is -2.01. The Balaban J connectivity index is 1.85. The van der Waals surface area contributed by atoms with Gasteiger partial charge in [-0.1, -0.05) is 0 Å². The molecule has 0 aromatic carbocycles. The Morgan fingerprint density at radius 3 is 3.00 bits per heavy atom. The molecule has 4 heteroatoms. The van der Waals surface area contributed by atoms with Crippen LogP contribution in [0.3, 0.4) is 0 Å². The molecule has 1 N–H and O–H groups in total. The summed E-state index contributed by atoms with van der Waals surface area (Å²) in [7, 11) is 0. The Bertz CT molecular complexity index is 319. The SMILES string of the molecule is O=C(NCc1sccc1Br)C1CC1. The van der Waals surface area contributed by atoms with Crippen LogP contribution < -0.4 is 5.32 Å². The summed E-state index contributed by atoms with van der Waals surface area (Å²) in [5, 5.41) is 4.95. The number of hydrogen-bond donors (Lipinski definition) is 1. The molecule has 0 aliphatic heterocycles. The lowest BCUT2D eigenvalue weighted by atomic mass is 10.4. The average Bonchev–Trinajstić information content (AvgIpc) is 2.88. The van der Waals surface area contributed by atoms with Gasteiger partial charge in [-0.05, 0) is 40.2 Å². The van der Waals surface area contributed by atoms with Crippen LogP contribution in [0.2, 0.25) is 0 Å². The highest BCUT2D eigenvalue weighted by molar-refractivity contribution is 9.10. The first kappa shape index (κ1) is 9.21. The number of halogens is 1. The Morgan fingerprint density at radius 1 is 1.69 bits per heavy atom. The third-order valence-corrected chi connectivity index (χ3v) is 3.99. The second-order valence-corrected chi connectivity index (χ2v) is 5.04. The monoisotopic (exact) mass is 259 g/mol. The van der Waals surface area contributed by atoms with Crippen LogP contribution in [-0.4, -0.2) is 5.91 Å². The van der Waals surface area contributed by atoms with E-state index in [0.29, 0.717) is 12.5 Å². The van der Waals surface area contributed by atoms with Crippen molar-refractivity contribution in [2.24, 2.45) is 5.92 Å². The molecule has 1 fully saturated rings. The Hall–Kier alpha value is -0.350. The fourth-order valence-corrected chi connectivity index (χ4v) is 2.54. The highest BCUT2D eigenvalue weighted by atomic mass is 79.9. The lowest BCUT2D eigenvalue weighted by molar-refractivity contribution is -0.122. The molecule has 1 amide bonds. The van der Waals surface area contributed by atoms with Gasteiger partial charge in [0.15, 0.2) is 0 Å². The zero-order valence-corrected chi connectivity index (χ0v) is 9.45. The predicted octanol–water partition coefficient (Wildman–Crippen LogP) is 2.54. The van der Waals surface area contributed by atoms with E-state index in [-0.39, 0.29) is 5.91 Å². The minimum atomic E-state index is 0.209. The Kier molecular flexibility index (Phi) is 2.69. The second-order valence-electron chi connectivity index (χ2n) is 3.18. The number of carbonyl (C=O) groups excluding carboxylic acids is 1. The number of amides is 1. The minimum absolute atomic E-state index is 0.209. The molecule has 2 rings (SSSR count). The van der Waals surface area contributed by atoms with E-state index in [1.54, 1.807) is 11.3 Å². The molecule has 13 heavy (non-hydrogen) atoms. The molecule has 1 aromatic heterocycles. The van der Waals surface area contributed by atoms with Gasteiger partial charge in [0.2, 0.25) is 5.91 Å². The van der Waals surface area contributed by atoms with E-state index in [9.17, 15) is 4.79 Å². The van der Waals surface area contributed by atoms with E-state index in [1.165, 1.54) is 4.88 Å². The fourth-order valence-electron chi connectivity index (χ4n) is 1.11. The van der Waals surface area contributed by atoms with Crippen LogP contribution in [0, 0.1) is 5.92 Å². The summed E-state index contributed by atoms with van der Waals surface area (Å²) in [6, 6.07) is 2.00. The summed E-state index contributed by atoms with van der Waals surface area (Å²) < 4.78 is 1.09. The molecular weight excluding hydrogens is 250 g/mol. The van der Waals surface area contributed by atoms with Crippen LogP contribution >= 0.6 is 27.3 Å². The molecule has 1 aliphatic rings. The van der Waals surface area contributed by atoms with Gasteiger partial charge in [0.1, 0.15) is 0 Å². The first-order chi connectivity index (χ1) is 6.27. The van der Waals surface area contributed by atoms with Crippen molar-refractivity contribution in [1.82, 2.24) is 5.32 Å². The van der Waals surface area contributed by atoms with Crippen LogP contribution in [0.25, 0.3) is 0 Å². The summed E-state index contributed by atoms with van der Waals surface area (Å²) in [4.78, 5) is 12.5. The second kappa shape index (κ2) is 3.80. The van der Waals surface area contributed by atoms with Crippen molar-refractivity contribution in [2.45, 2.75) is 19.4 Å². The normalized spacial score (nSPS) is 15.8.